The summed E-state index contributed by atoms with van der Waals surface area (Å²) in [6.07, 6.45) is 3.69. The highest BCUT2D eigenvalue weighted by Crippen LogP contribution is 2.28. The van der Waals surface area contributed by atoms with E-state index < -0.39 is 0 Å². The minimum atomic E-state index is 0.746. The molecule has 5 heteroatoms. The number of aromatic nitrogens is 2. The number of H-pyrrole nitrogens is 1. The molecule has 19 heavy (non-hydrogen) atoms. The van der Waals surface area contributed by atoms with Crippen molar-refractivity contribution in [2.24, 2.45) is 5.92 Å². The summed E-state index contributed by atoms with van der Waals surface area (Å²) in [6.45, 7) is 2.61. The van der Waals surface area contributed by atoms with E-state index in [-0.39, 0.29) is 0 Å². The minimum absolute atomic E-state index is 0.746. The first kappa shape index (κ1) is 12.3. The van der Waals surface area contributed by atoms with Crippen LogP contribution in [-0.2, 0) is 4.74 Å². The zero-order chi connectivity index (χ0) is 13.1. The van der Waals surface area contributed by atoms with Gasteiger partial charge >= 0.3 is 0 Å². The Morgan fingerprint density at radius 1 is 1.42 bits per heavy atom. The van der Waals surface area contributed by atoms with Gasteiger partial charge in [-0.25, -0.2) is 4.98 Å². The Morgan fingerprint density at radius 2 is 2.32 bits per heavy atom. The maximum Gasteiger partial charge on any atom is 0.201 e. The topological polar surface area (TPSA) is 76.0 Å². The molecule has 0 aliphatic heterocycles. The van der Waals surface area contributed by atoms with E-state index in [1.165, 1.54) is 12.8 Å². The molecule has 1 aromatic heterocycles. The number of aromatic amines is 1. The summed E-state index contributed by atoms with van der Waals surface area (Å²) < 4.78 is 5.58. The van der Waals surface area contributed by atoms with Gasteiger partial charge in [0.25, 0.3) is 0 Å². The molecule has 0 spiro atoms. The smallest absolute Gasteiger partial charge is 0.201 e. The van der Waals surface area contributed by atoms with Crippen molar-refractivity contribution in [3.8, 4) is 0 Å². The van der Waals surface area contributed by atoms with Crippen LogP contribution >= 0.6 is 0 Å². The molecule has 0 amide bonds. The second-order valence-corrected chi connectivity index (χ2v) is 5.16. The molecule has 1 saturated carbocycles. The summed E-state index contributed by atoms with van der Waals surface area (Å²) in [7, 11) is 0. The third kappa shape index (κ3) is 3.38. The average Bonchev–Trinajstić information content (AvgIpc) is 3.13. The zero-order valence-electron chi connectivity index (χ0n) is 11.0. The van der Waals surface area contributed by atoms with Gasteiger partial charge in [0.05, 0.1) is 11.0 Å². The van der Waals surface area contributed by atoms with Crippen LogP contribution < -0.4 is 11.1 Å². The Hall–Kier alpha value is -1.75. The van der Waals surface area contributed by atoms with Crippen molar-refractivity contribution < 1.29 is 4.74 Å². The van der Waals surface area contributed by atoms with Gasteiger partial charge in [0.15, 0.2) is 0 Å². The zero-order valence-corrected chi connectivity index (χ0v) is 11.0. The van der Waals surface area contributed by atoms with Crippen molar-refractivity contribution in [3.05, 3.63) is 18.2 Å². The number of benzene rings is 1. The monoisotopic (exact) mass is 260 g/mol. The maximum atomic E-state index is 5.73. The molecule has 1 heterocycles. The van der Waals surface area contributed by atoms with E-state index in [9.17, 15) is 0 Å². The molecular weight excluding hydrogens is 240 g/mol. The standard InChI is InChI=1S/C14H20N4O/c15-11-4-5-12-13(8-11)18-14(17-12)16-6-1-7-19-9-10-2-3-10/h4-5,8,10H,1-3,6-7,9,15H2,(H2,16,17,18). The van der Waals surface area contributed by atoms with Gasteiger partial charge in [-0.15, -0.1) is 0 Å². The van der Waals surface area contributed by atoms with E-state index in [4.69, 9.17) is 10.5 Å². The fourth-order valence-corrected chi connectivity index (χ4v) is 2.03. The normalized spacial score (nSPS) is 14.9. The highest BCUT2D eigenvalue weighted by molar-refractivity contribution is 5.80. The Balaban J connectivity index is 1.42. The highest BCUT2D eigenvalue weighted by atomic mass is 16.5. The van der Waals surface area contributed by atoms with Gasteiger partial charge in [-0.1, -0.05) is 0 Å². The SMILES string of the molecule is Nc1ccc2nc(NCCCOCC3CC3)[nH]c2c1. The number of hydrogen-bond donors (Lipinski definition) is 3. The lowest BCUT2D eigenvalue weighted by molar-refractivity contribution is 0.124. The van der Waals surface area contributed by atoms with Gasteiger partial charge in [0.1, 0.15) is 0 Å². The Bertz CT molecular complexity index is 547. The summed E-state index contributed by atoms with van der Waals surface area (Å²) in [5.74, 6) is 1.64. The predicted octanol–water partition coefficient (Wildman–Crippen LogP) is 2.37. The third-order valence-electron chi connectivity index (χ3n) is 3.31. The lowest BCUT2D eigenvalue weighted by atomic mass is 10.3. The van der Waals surface area contributed by atoms with Crippen LogP contribution in [0.25, 0.3) is 11.0 Å². The van der Waals surface area contributed by atoms with Crippen LogP contribution in [0, 0.1) is 5.92 Å². The number of hydrogen-bond acceptors (Lipinski definition) is 4. The number of imidazole rings is 1. The lowest BCUT2D eigenvalue weighted by Crippen LogP contribution is -2.07. The molecular formula is C14H20N4O. The van der Waals surface area contributed by atoms with Crippen LogP contribution in [0.1, 0.15) is 19.3 Å². The van der Waals surface area contributed by atoms with Crippen molar-refractivity contribution in [2.45, 2.75) is 19.3 Å². The molecule has 0 saturated heterocycles. The Kier molecular flexibility index (Phi) is 3.55. The van der Waals surface area contributed by atoms with Gasteiger partial charge in [-0.3, -0.25) is 0 Å². The first-order valence-corrected chi connectivity index (χ1v) is 6.88. The first-order chi connectivity index (χ1) is 9.31. The van der Waals surface area contributed by atoms with Crippen molar-refractivity contribution in [3.63, 3.8) is 0 Å². The van der Waals surface area contributed by atoms with E-state index in [2.05, 4.69) is 15.3 Å². The van der Waals surface area contributed by atoms with Gasteiger partial charge in [-0.2, -0.15) is 0 Å². The number of nitrogens with one attached hydrogen (secondary N) is 2. The van der Waals surface area contributed by atoms with Gasteiger partial charge in [-0.05, 0) is 43.4 Å². The molecule has 0 radical (unpaired) electrons. The highest BCUT2D eigenvalue weighted by Gasteiger charge is 2.20. The summed E-state index contributed by atoms with van der Waals surface area (Å²) in [6, 6.07) is 5.68. The van der Waals surface area contributed by atoms with Gasteiger partial charge < -0.3 is 20.8 Å². The van der Waals surface area contributed by atoms with Crippen LogP contribution in [0.5, 0.6) is 0 Å². The first-order valence-electron chi connectivity index (χ1n) is 6.88. The molecule has 5 nitrogen and oxygen atoms in total. The molecule has 1 aliphatic rings. The van der Waals surface area contributed by atoms with Crippen molar-refractivity contribution in [1.29, 1.82) is 0 Å². The van der Waals surface area contributed by atoms with Crippen molar-refractivity contribution in [1.82, 2.24) is 9.97 Å². The Labute approximate surface area is 112 Å². The van der Waals surface area contributed by atoms with Gasteiger partial charge in [0, 0.05) is 25.4 Å². The third-order valence-corrected chi connectivity index (χ3v) is 3.31. The van der Waals surface area contributed by atoms with E-state index in [1.807, 2.05) is 18.2 Å². The molecule has 0 atom stereocenters. The van der Waals surface area contributed by atoms with Crippen LogP contribution in [0.3, 0.4) is 0 Å². The molecule has 2 aromatic rings. The number of nitrogens with two attached hydrogens (primary N) is 1. The molecule has 1 fully saturated rings. The summed E-state index contributed by atoms with van der Waals surface area (Å²) in [4.78, 5) is 7.66. The fraction of sp³-hybridized carbons (Fsp3) is 0.500. The number of rotatable bonds is 7. The Morgan fingerprint density at radius 3 is 3.16 bits per heavy atom. The van der Waals surface area contributed by atoms with Crippen LogP contribution in [0.4, 0.5) is 11.6 Å². The lowest BCUT2D eigenvalue weighted by Gasteiger charge is -2.03. The maximum absolute atomic E-state index is 5.73. The average molecular weight is 260 g/mol. The van der Waals surface area contributed by atoms with Crippen LogP contribution in [0.15, 0.2) is 18.2 Å². The summed E-state index contributed by atoms with van der Waals surface area (Å²) in [5, 5.41) is 3.27. The van der Waals surface area contributed by atoms with E-state index >= 15 is 0 Å². The van der Waals surface area contributed by atoms with Gasteiger partial charge in [0.2, 0.25) is 5.95 Å². The summed E-state index contributed by atoms with van der Waals surface area (Å²) >= 11 is 0. The molecule has 0 bridgehead atoms. The minimum Gasteiger partial charge on any atom is -0.399 e. The fourth-order valence-electron chi connectivity index (χ4n) is 2.03. The number of fused-ring (bicyclic) bond motifs is 1. The van der Waals surface area contributed by atoms with Crippen molar-refractivity contribution >= 4 is 22.7 Å². The number of nitrogens with zero attached hydrogens (tertiary/aromatic N) is 1. The van der Waals surface area contributed by atoms with E-state index in [0.29, 0.717) is 0 Å². The largest absolute Gasteiger partial charge is 0.399 e. The molecule has 4 N–H and O–H groups in total. The summed E-state index contributed by atoms with van der Waals surface area (Å²) in [5.41, 5.74) is 8.38. The second-order valence-electron chi connectivity index (χ2n) is 5.16. The predicted molar refractivity (Wildman–Crippen MR) is 77.2 cm³/mol. The molecule has 1 aliphatic carbocycles. The molecule has 0 unspecified atom stereocenters. The number of nitrogen functional groups attached to an aromatic ring is 1. The second kappa shape index (κ2) is 5.48. The van der Waals surface area contributed by atoms with Crippen molar-refractivity contribution in [2.75, 3.05) is 30.8 Å². The van der Waals surface area contributed by atoms with E-state index in [1.54, 1.807) is 0 Å². The number of anilines is 2. The molecule has 1 aromatic carbocycles. The molecule has 102 valence electrons. The van der Waals surface area contributed by atoms with Crippen LogP contribution in [0.2, 0.25) is 0 Å². The van der Waals surface area contributed by atoms with Crippen LogP contribution in [-0.4, -0.2) is 29.7 Å². The molecule has 3 rings (SSSR count). The quantitative estimate of drug-likeness (QED) is 0.527. The van der Waals surface area contributed by atoms with E-state index in [0.717, 1.165) is 54.8 Å². The number of ether oxygens (including phenoxy) is 1.